The number of carbonyl (C=O) groups excluding carboxylic acids is 3. The molecular formula is C27H38N6O5. The van der Waals surface area contributed by atoms with Gasteiger partial charge in [-0.3, -0.25) is 19.3 Å². The average Bonchev–Trinajstić information content (AvgIpc) is 3.36. The quantitative estimate of drug-likeness (QED) is 0.424. The monoisotopic (exact) mass is 526 g/mol. The van der Waals surface area contributed by atoms with Gasteiger partial charge in [-0.2, -0.15) is 0 Å². The first-order valence-electron chi connectivity index (χ1n) is 13.2. The molecule has 1 atom stereocenters. The van der Waals surface area contributed by atoms with Gasteiger partial charge < -0.3 is 29.6 Å². The fraction of sp³-hybridized carbons (Fsp3) is 0.556. The predicted octanol–water partition coefficient (Wildman–Crippen LogP) is 1.28. The molecule has 1 fully saturated rings. The van der Waals surface area contributed by atoms with Crippen molar-refractivity contribution < 1.29 is 23.9 Å². The molecule has 0 bridgehead atoms. The maximum absolute atomic E-state index is 13.7. The van der Waals surface area contributed by atoms with Crippen LogP contribution in [0.5, 0.6) is 5.75 Å². The minimum Gasteiger partial charge on any atom is -0.497 e. The maximum atomic E-state index is 13.7. The number of ether oxygens (including phenoxy) is 2. The van der Waals surface area contributed by atoms with Gasteiger partial charge in [0.05, 0.1) is 33.2 Å². The summed E-state index contributed by atoms with van der Waals surface area (Å²) in [6.45, 7) is 9.27. The summed E-state index contributed by atoms with van der Waals surface area (Å²) in [5, 5.41) is 5.88. The van der Waals surface area contributed by atoms with Crippen LogP contribution >= 0.6 is 0 Å². The first-order chi connectivity index (χ1) is 18.4. The zero-order valence-electron chi connectivity index (χ0n) is 22.5. The Morgan fingerprint density at radius 3 is 2.55 bits per heavy atom. The summed E-state index contributed by atoms with van der Waals surface area (Å²) in [7, 11) is 1.60. The van der Waals surface area contributed by atoms with Crippen molar-refractivity contribution in [3.05, 3.63) is 47.5 Å². The van der Waals surface area contributed by atoms with Crippen LogP contribution < -0.4 is 15.4 Å². The molecule has 4 rings (SSSR count). The van der Waals surface area contributed by atoms with Crippen LogP contribution in [0.15, 0.2) is 30.6 Å². The third-order valence-electron chi connectivity index (χ3n) is 7.16. The normalized spacial score (nSPS) is 19.7. The molecule has 206 valence electrons. The molecule has 0 saturated carbocycles. The molecule has 0 spiro atoms. The third kappa shape index (κ3) is 5.99. The minimum absolute atomic E-state index is 0.100. The van der Waals surface area contributed by atoms with Crippen LogP contribution in [0.4, 0.5) is 0 Å². The van der Waals surface area contributed by atoms with Gasteiger partial charge in [-0.1, -0.05) is 19.1 Å². The molecule has 1 saturated heterocycles. The largest absolute Gasteiger partial charge is 0.497 e. The molecule has 1 unspecified atom stereocenters. The Labute approximate surface area is 223 Å². The number of aromatic nitrogens is 2. The van der Waals surface area contributed by atoms with Crippen molar-refractivity contribution in [2.24, 2.45) is 0 Å². The van der Waals surface area contributed by atoms with E-state index in [4.69, 9.17) is 9.47 Å². The molecule has 2 aromatic rings. The number of fused-ring (bicyclic) bond motifs is 1. The summed E-state index contributed by atoms with van der Waals surface area (Å²) in [5.74, 6) is -0.263. The number of imidazole rings is 1. The highest BCUT2D eigenvalue weighted by Crippen LogP contribution is 2.29. The maximum Gasteiger partial charge on any atom is 0.273 e. The van der Waals surface area contributed by atoms with Gasteiger partial charge in [0.25, 0.3) is 11.8 Å². The molecular weight excluding hydrogens is 488 g/mol. The van der Waals surface area contributed by atoms with Gasteiger partial charge in [-0.05, 0) is 44.0 Å². The summed E-state index contributed by atoms with van der Waals surface area (Å²) in [6, 6.07) is 7.45. The topological polar surface area (TPSA) is 118 Å². The lowest BCUT2D eigenvalue weighted by molar-refractivity contribution is -0.133. The molecule has 1 aromatic heterocycles. The lowest BCUT2D eigenvalue weighted by Crippen LogP contribution is -2.64. The van der Waals surface area contributed by atoms with E-state index in [0.717, 1.165) is 50.6 Å². The second-order valence-corrected chi connectivity index (χ2v) is 9.89. The molecule has 3 heterocycles. The second kappa shape index (κ2) is 12.4. The molecule has 2 aliphatic rings. The van der Waals surface area contributed by atoms with Crippen molar-refractivity contribution in [2.75, 3.05) is 53.0 Å². The predicted molar refractivity (Wildman–Crippen MR) is 141 cm³/mol. The Morgan fingerprint density at radius 2 is 1.87 bits per heavy atom. The molecule has 38 heavy (non-hydrogen) atoms. The molecule has 2 N–H and O–H groups in total. The average molecular weight is 527 g/mol. The van der Waals surface area contributed by atoms with Crippen LogP contribution in [0.1, 0.15) is 53.2 Å². The second-order valence-electron chi connectivity index (χ2n) is 9.89. The van der Waals surface area contributed by atoms with Crippen molar-refractivity contribution in [2.45, 2.75) is 45.3 Å². The highest BCUT2D eigenvalue weighted by atomic mass is 16.5. The van der Waals surface area contributed by atoms with Gasteiger partial charge >= 0.3 is 0 Å². The van der Waals surface area contributed by atoms with Crippen LogP contribution in [0.2, 0.25) is 0 Å². The van der Waals surface area contributed by atoms with E-state index in [2.05, 4.69) is 20.5 Å². The first-order valence-corrected chi connectivity index (χ1v) is 13.2. The molecule has 3 amide bonds. The number of rotatable bonds is 11. The van der Waals surface area contributed by atoms with Crippen molar-refractivity contribution in [1.29, 1.82) is 0 Å². The van der Waals surface area contributed by atoms with Gasteiger partial charge in [-0.15, -0.1) is 0 Å². The van der Waals surface area contributed by atoms with E-state index in [0.29, 0.717) is 26.1 Å². The number of nitrogens with zero attached hydrogens (tertiary/aromatic N) is 4. The third-order valence-corrected chi connectivity index (χ3v) is 7.16. The number of amides is 3. The number of morpholine rings is 1. The van der Waals surface area contributed by atoms with Crippen LogP contribution in [0, 0.1) is 0 Å². The summed E-state index contributed by atoms with van der Waals surface area (Å²) >= 11 is 0. The number of hydrogen-bond acceptors (Lipinski definition) is 7. The lowest BCUT2D eigenvalue weighted by Gasteiger charge is -2.43. The first kappa shape index (κ1) is 27.6. The summed E-state index contributed by atoms with van der Waals surface area (Å²) in [5.41, 5.74) is 0.120. The Morgan fingerprint density at radius 1 is 1.13 bits per heavy atom. The van der Waals surface area contributed by atoms with E-state index in [1.807, 2.05) is 31.2 Å². The van der Waals surface area contributed by atoms with E-state index in [1.54, 1.807) is 23.5 Å². The molecule has 2 aliphatic heterocycles. The molecule has 11 heteroatoms. The van der Waals surface area contributed by atoms with E-state index in [-0.39, 0.29) is 35.7 Å². The Bertz CT molecular complexity index is 1130. The van der Waals surface area contributed by atoms with Crippen LogP contribution in [-0.4, -0.2) is 95.7 Å². The Balaban J connectivity index is 1.42. The number of benzene rings is 1. The van der Waals surface area contributed by atoms with Crippen molar-refractivity contribution in [3.63, 3.8) is 0 Å². The van der Waals surface area contributed by atoms with Crippen LogP contribution in [-0.2, 0) is 22.6 Å². The van der Waals surface area contributed by atoms with Crippen LogP contribution in [0.3, 0.4) is 0 Å². The highest BCUT2D eigenvalue weighted by Gasteiger charge is 2.48. The van der Waals surface area contributed by atoms with Crippen molar-refractivity contribution in [1.82, 2.24) is 30.0 Å². The van der Waals surface area contributed by atoms with Crippen molar-refractivity contribution >= 4 is 17.7 Å². The van der Waals surface area contributed by atoms with Gasteiger partial charge in [0, 0.05) is 32.7 Å². The van der Waals surface area contributed by atoms with Gasteiger partial charge in [-0.25, -0.2) is 4.98 Å². The van der Waals surface area contributed by atoms with E-state index in [9.17, 15) is 14.4 Å². The molecule has 11 nitrogen and oxygen atoms in total. The zero-order chi connectivity index (χ0) is 27.1. The smallest absolute Gasteiger partial charge is 0.273 e. The summed E-state index contributed by atoms with van der Waals surface area (Å²) in [6.07, 6.45) is 2.95. The molecule has 0 aliphatic carbocycles. The van der Waals surface area contributed by atoms with Gasteiger partial charge in [0.15, 0.2) is 5.69 Å². The molecule has 1 aromatic carbocycles. The fourth-order valence-corrected chi connectivity index (χ4v) is 4.96. The van der Waals surface area contributed by atoms with Gasteiger partial charge in [0.2, 0.25) is 5.91 Å². The number of carbonyl (C=O) groups is 3. The number of hydrogen-bond donors (Lipinski definition) is 2. The minimum atomic E-state index is -1.13. The Kier molecular flexibility index (Phi) is 9.01. The summed E-state index contributed by atoms with van der Waals surface area (Å²) in [4.78, 5) is 48.2. The standard InChI is InChI=1S/C27H38N6O5/c1-4-11-33-25(35)23-22(24(34)28-10-5-12-31-13-15-38-16-14-31)30-19-32(23)18-27(33,2)26(36)29-17-20-6-8-21(37-3)9-7-20/h6-9,19H,4-5,10-18H2,1-3H3,(H,28,34)(H,29,36). The lowest BCUT2D eigenvalue weighted by atomic mass is 9.94. The van der Waals surface area contributed by atoms with E-state index >= 15 is 0 Å². The van der Waals surface area contributed by atoms with Crippen LogP contribution in [0.25, 0.3) is 0 Å². The molecule has 0 radical (unpaired) electrons. The van der Waals surface area contributed by atoms with E-state index < -0.39 is 5.54 Å². The number of nitrogens with one attached hydrogen (secondary N) is 2. The summed E-state index contributed by atoms with van der Waals surface area (Å²) < 4.78 is 12.2. The zero-order valence-corrected chi connectivity index (χ0v) is 22.5. The van der Waals surface area contributed by atoms with E-state index in [1.165, 1.54) is 6.33 Å². The highest BCUT2D eigenvalue weighted by molar-refractivity contribution is 6.07. The SMILES string of the molecule is CCCN1C(=O)c2c(C(=O)NCCCN3CCOCC3)ncn2CC1(C)C(=O)NCc1ccc(OC)cc1. The van der Waals surface area contributed by atoms with Crippen molar-refractivity contribution in [3.8, 4) is 5.75 Å². The Hall–Kier alpha value is -3.44. The fourth-order valence-electron chi connectivity index (χ4n) is 4.96. The number of methoxy groups -OCH3 is 1. The van der Waals surface area contributed by atoms with Gasteiger partial charge in [0.1, 0.15) is 17.0 Å².